The Morgan fingerprint density at radius 1 is 1.23 bits per heavy atom. The zero-order valence-corrected chi connectivity index (χ0v) is 9.13. The van der Waals surface area contributed by atoms with E-state index in [0.29, 0.717) is 5.95 Å². The fourth-order valence-corrected chi connectivity index (χ4v) is 1.18. The monoisotopic (exact) mass is 191 g/mol. The van der Waals surface area contributed by atoms with Crippen LogP contribution in [0.15, 0.2) is 12.4 Å². The van der Waals surface area contributed by atoms with E-state index in [-0.39, 0.29) is 0 Å². The molecule has 0 aliphatic rings. The van der Waals surface area contributed by atoms with E-state index in [9.17, 15) is 0 Å². The lowest BCUT2D eigenvalue weighted by molar-refractivity contribution is 1.17. The minimum absolute atomic E-state index is 0.290. The van der Waals surface area contributed by atoms with Crippen molar-refractivity contribution in [2.24, 2.45) is 0 Å². The van der Waals surface area contributed by atoms with Crippen LogP contribution in [0.25, 0.3) is 0 Å². The van der Waals surface area contributed by atoms with Crippen molar-refractivity contribution in [2.45, 2.75) is 19.6 Å². The van der Waals surface area contributed by atoms with E-state index in [1.807, 2.05) is 0 Å². The molecular formula is C9H13N3Si. The normalized spacial score (nSPS) is 10.4. The Hall–Kier alpha value is -1.34. The number of nitrogens with zero attached hydrogens (tertiary/aromatic N) is 2. The summed E-state index contributed by atoms with van der Waals surface area (Å²) in [6, 6.07) is 0. The zero-order valence-electron chi connectivity index (χ0n) is 8.13. The topological polar surface area (TPSA) is 51.8 Å². The van der Waals surface area contributed by atoms with Gasteiger partial charge in [0.15, 0.2) is 0 Å². The molecule has 1 heterocycles. The predicted octanol–water partition coefficient (Wildman–Crippen LogP) is 1.29. The largest absolute Gasteiger partial charge is 0.368 e. The molecule has 13 heavy (non-hydrogen) atoms. The third-order valence-corrected chi connectivity index (χ3v) is 2.13. The molecule has 0 atom stereocenters. The maximum absolute atomic E-state index is 5.35. The van der Waals surface area contributed by atoms with Crippen molar-refractivity contribution in [1.82, 2.24) is 9.97 Å². The van der Waals surface area contributed by atoms with E-state index >= 15 is 0 Å². The van der Waals surface area contributed by atoms with Gasteiger partial charge in [-0.3, -0.25) is 0 Å². The molecule has 2 N–H and O–H groups in total. The number of hydrogen-bond donors (Lipinski definition) is 1. The number of hydrogen-bond acceptors (Lipinski definition) is 3. The van der Waals surface area contributed by atoms with Gasteiger partial charge in [0, 0.05) is 12.4 Å². The van der Waals surface area contributed by atoms with E-state index in [1.165, 1.54) is 0 Å². The lowest BCUT2D eigenvalue weighted by Gasteiger charge is -2.02. The van der Waals surface area contributed by atoms with E-state index in [1.54, 1.807) is 12.4 Å². The van der Waals surface area contributed by atoms with Gasteiger partial charge in [-0.15, -0.1) is 5.54 Å². The van der Waals surface area contributed by atoms with Crippen molar-refractivity contribution in [2.75, 3.05) is 5.73 Å². The molecule has 0 aliphatic carbocycles. The van der Waals surface area contributed by atoms with E-state index in [2.05, 4.69) is 41.1 Å². The molecule has 0 aromatic carbocycles. The molecular weight excluding hydrogens is 178 g/mol. The first kappa shape index (κ1) is 9.74. The van der Waals surface area contributed by atoms with Crippen molar-refractivity contribution in [1.29, 1.82) is 0 Å². The maximum Gasteiger partial charge on any atom is 0.219 e. The lowest BCUT2D eigenvalue weighted by atomic mass is 10.4. The molecule has 4 heteroatoms. The standard InChI is InChI=1S/C9H13N3Si/c1-13(2,3)5-4-8-6-11-9(10)12-7-8/h6-7H,1-3H3,(H2,10,11,12). The minimum atomic E-state index is -1.30. The SMILES string of the molecule is C[Si](C)(C)C#Cc1cnc(N)nc1. The summed E-state index contributed by atoms with van der Waals surface area (Å²) in [6.07, 6.45) is 3.30. The summed E-state index contributed by atoms with van der Waals surface area (Å²) in [4.78, 5) is 7.72. The Kier molecular flexibility index (Phi) is 2.68. The Bertz CT molecular complexity index is 340. The highest BCUT2D eigenvalue weighted by molar-refractivity contribution is 6.83. The Labute approximate surface area is 79.4 Å². The fourth-order valence-electron chi connectivity index (χ4n) is 0.662. The second kappa shape index (κ2) is 3.58. The fraction of sp³-hybridized carbons (Fsp3) is 0.333. The van der Waals surface area contributed by atoms with Crippen LogP contribution >= 0.6 is 0 Å². The lowest BCUT2D eigenvalue weighted by Crippen LogP contribution is -2.16. The van der Waals surface area contributed by atoms with Crippen LogP contribution < -0.4 is 5.73 Å². The van der Waals surface area contributed by atoms with Crippen LogP contribution in [0.2, 0.25) is 19.6 Å². The average molecular weight is 191 g/mol. The van der Waals surface area contributed by atoms with Crippen LogP contribution in [0.4, 0.5) is 5.95 Å². The van der Waals surface area contributed by atoms with E-state index < -0.39 is 8.07 Å². The van der Waals surface area contributed by atoms with Crippen LogP contribution in [0.5, 0.6) is 0 Å². The zero-order chi connectivity index (χ0) is 9.90. The summed E-state index contributed by atoms with van der Waals surface area (Å²) in [6.45, 7) is 6.58. The Morgan fingerprint density at radius 2 is 1.77 bits per heavy atom. The highest BCUT2D eigenvalue weighted by atomic mass is 28.3. The third-order valence-electron chi connectivity index (χ3n) is 1.25. The van der Waals surface area contributed by atoms with Crippen molar-refractivity contribution < 1.29 is 0 Å². The molecule has 0 spiro atoms. The summed E-state index contributed by atoms with van der Waals surface area (Å²) in [5, 5.41) is 0. The molecule has 0 fully saturated rings. The molecule has 0 unspecified atom stereocenters. The minimum Gasteiger partial charge on any atom is -0.368 e. The van der Waals surface area contributed by atoms with Gasteiger partial charge in [-0.2, -0.15) is 0 Å². The van der Waals surface area contributed by atoms with E-state index in [4.69, 9.17) is 5.73 Å². The molecule has 68 valence electrons. The van der Waals surface area contributed by atoms with Crippen LogP contribution in [0, 0.1) is 11.5 Å². The second-order valence-corrected chi connectivity index (χ2v) is 8.58. The number of nitrogen functional groups attached to an aromatic ring is 1. The van der Waals surface area contributed by atoms with Crippen molar-refractivity contribution in [3.63, 3.8) is 0 Å². The summed E-state index contributed by atoms with van der Waals surface area (Å²) in [5.74, 6) is 3.33. The van der Waals surface area contributed by atoms with Gasteiger partial charge in [0.1, 0.15) is 8.07 Å². The molecule has 0 saturated heterocycles. The molecule has 1 aromatic heterocycles. The van der Waals surface area contributed by atoms with Crippen molar-refractivity contribution >= 4 is 14.0 Å². The van der Waals surface area contributed by atoms with Gasteiger partial charge in [-0.1, -0.05) is 25.6 Å². The number of rotatable bonds is 0. The maximum atomic E-state index is 5.35. The van der Waals surface area contributed by atoms with Crippen LogP contribution in [0.3, 0.4) is 0 Å². The molecule has 1 rings (SSSR count). The summed E-state index contributed by atoms with van der Waals surface area (Å²) in [7, 11) is -1.30. The van der Waals surface area contributed by atoms with Gasteiger partial charge in [-0.25, -0.2) is 9.97 Å². The molecule has 0 saturated carbocycles. The summed E-state index contributed by atoms with van der Waals surface area (Å²) >= 11 is 0. The summed E-state index contributed by atoms with van der Waals surface area (Å²) < 4.78 is 0. The molecule has 0 aliphatic heterocycles. The highest BCUT2D eigenvalue weighted by Crippen LogP contribution is 1.99. The highest BCUT2D eigenvalue weighted by Gasteiger charge is 2.07. The number of anilines is 1. The van der Waals surface area contributed by atoms with Gasteiger partial charge >= 0.3 is 0 Å². The third kappa shape index (κ3) is 3.72. The van der Waals surface area contributed by atoms with Crippen LogP contribution in [-0.2, 0) is 0 Å². The van der Waals surface area contributed by atoms with Gasteiger partial charge < -0.3 is 5.73 Å². The first-order chi connectivity index (χ1) is 5.97. The van der Waals surface area contributed by atoms with Crippen molar-refractivity contribution in [3.8, 4) is 11.5 Å². The Morgan fingerprint density at radius 3 is 2.23 bits per heavy atom. The van der Waals surface area contributed by atoms with Gasteiger partial charge in [0.25, 0.3) is 0 Å². The first-order valence-electron chi connectivity index (χ1n) is 4.08. The number of nitrogens with two attached hydrogens (primary N) is 1. The summed E-state index contributed by atoms with van der Waals surface area (Å²) in [5.41, 5.74) is 9.40. The van der Waals surface area contributed by atoms with Crippen LogP contribution in [0.1, 0.15) is 5.56 Å². The average Bonchev–Trinajstić information content (AvgIpc) is 2.02. The quantitative estimate of drug-likeness (QED) is 0.496. The predicted molar refractivity (Wildman–Crippen MR) is 56.7 cm³/mol. The van der Waals surface area contributed by atoms with Gasteiger partial charge in [-0.05, 0) is 0 Å². The van der Waals surface area contributed by atoms with Gasteiger partial charge in [0.2, 0.25) is 5.95 Å². The molecule has 0 amide bonds. The molecule has 0 bridgehead atoms. The van der Waals surface area contributed by atoms with Gasteiger partial charge in [0.05, 0.1) is 5.56 Å². The van der Waals surface area contributed by atoms with E-state index in [0.717, 1.165) is 5.56 Å². The van der Waals surface area contributed by atoms with Crippen LogP contribution in [-0.4, -0.2) is 18.0 Å². The Balaban J connectivity index is 2.85. The number of aromatic nitrogens is 2. The van der Waals surface area contributed by atoms with Crippen molar-refractivity contribution in [3.05, 3.63) is 18.0 Å². The first-order valence-corrected chi connectivity index (χ1v) is 7.58. The molecule has 0 radical (unpaired) electrons. The smallest absolute Gasteiger partial charge is 0.219 e. The molecule has 1 aromatic rings. The molecule has 3 nitrogen and oxygen atoms in total. The second-order valence-electron chi connectivity index (χ2n) is 3.83.